The van der Waals surface area contributed by atoms with E-state index in [0.29, 0.717) is 11.4 Å². The van der Waals surface area contributed by atoms with Crippen molar-refractivity contribution in [3.05, 3.63) is 57.3 Å². The Labute approximate surface area is 144 Å². The average Bonchev–Trinajstić information content (AvgIpc) is 2.93. The highest BCUT2D eigenvalue weighted by molar-refractivity contribution is 6.02. The summed E-state index contributed by atoms with van der Waals surface area (Å²) in [6.07, 6.45) is -4.44. The summed E-state index contributed by atoms with van der Waals surface area (Å²) in [4.78, 5) is 30.5. The highest BCUT2D eigenvalue weighted by Crippen LogP contribution is 2.31. The number of hydrogen-bond donors (Lipinski definition) is 2. The van der Waals surface area contributed by atoms with E-state index in [1.165, 1.54) is 16.8 Å². The SMILES string of the molecule is Cc1nc2c(c(C(N)=O)nn2C(C)c2ccc(C(F)(F)F)cc2)c(=O)[nH]1. The minimum absolute atomic E-state index is 0.0538. The first-order chi connectivity index (χ1) is 12.1. The maximum atomic E-state index is 12.7. The molecule has 2 heterocycles. The average molecular weight is 365 g/mol. The number of hydrogen-bond acceptors (Lipinski definition) is 4. The molecule has 10 heteroatoms. The molecule has 0 aliphatic rings. The van der Waals surface area contributed by atoms with Crippen LogP contribution in [0.4, 0.5) is 13.2 Å². The normalized spacial score (nSPS) is 13.1. The predicted octanol–water partition coefficient (Wildman–Crippen LogP) is 2.16. The number of nitrogens with zero attached hydrogens (tertiary/aromatic N) is 3. The largest absolute Gasteiger partial charge is 0.416 e. The maximum Gasteiger partial charge on any atom is 0.416 e. The number of nitrogens with two attached hydrogens (primary N) is 1. The van der Waals surface area contributed by atoms with Gasteiger partial charge in [-0.25, -0.2) is 9.67 Å². The number of carbonyl (C=O) groups is 1. The Morgan fingerprint density at radius 1 is 1.27 bits per heavy atom. The quantitative estimate of drug-likeness (QED) is 0.742. The zero-order valence-electron chi connectivity index (χ0n) is 13.8. The summed E-state index contributed by atoms with van der Waals surface area (Å²) < 4.78 is 39.5. The van der Waals surface area contributed by atoms with E-state index >= 15 is 0 Å². The lowest BCUT2D eigenvalue weighted by Gasteiger charge is -2.15. The summed E-state index contributed by atoms with van der Waals surface area (Å²) in [5, 5.41) is 4.02. The number of aromatic amines is 1. The zero-order valence-corrected chi connectivity index (χ0v) is 13.8. The van der Waals surface area contributed by atoms with Crippen molar-refractivity contribution in [2.24, 2.45) is 5.73 Å². The Morgan fingerprint density at radius 3 is 2.42 bits per heavy atom. The molecular weight excluding hydrogens is 351 g/mol. The van der Waals surface area contributed by atoms with Crippen molar-refractivity contribution in [2.75, 3.05) is 0 Å². The van der Waals surface area contributed by atoms with Crippen molar-refractivity contribution in [1.29, 1.82) is 0 Å². The fourth-order valence-electron chi connectivity index (χ4n) is 2.69. The summed E-state index contributed by atoms with van der Waals surface area (Å²) >= 11 is 0. The van der Waals surface area contributed by atoms with Gasteiger partial charge >= 0.3 is 6.18 Å². The molecule has 1 aromatic carbocycles. The van der Waals surface area contributed by atoms with E-state index < -0.39 is 29.2 Å². The lowest BCUT2D eigenvalue weighted by Crippen LogP contribution is -2.17. The molecule has 3 N–H and O–H groups in total. The molecule has 1 unspecified atom stereocenters. The minimum Gasteiger partial charge on any atom is -0.364 e. The van der Waals surface area contributed by atoms with E-state index in [4.69, 9.17) is 5.73 Å². The zero-order chi connectivity index (χ0) is 19.2. The van der Waals surface area contributed by atoms with Crippen molar-refractivity contribution in [3.63, 3.8) is 0 Å². The van der Waals surface area contributed by atoms with Crippen LogP contribution in [0.15, 0.2) is 29.1 Å². The molecule has 7 nitrogen and oxygen atoms in total. The highest BCUT2D eigenvalue weighted by Gasteiger charge is 2.30. The van der Waals surface area contributed by atoms with Crippen molar-refractivity contribution < 1.29 is 18.0 Å². The Morgan fingerprint density at radius 2 is 1.88 bits per heavy atom. The summed E-state index contributed by atoms with van der Waals surface area (Å²) in [5.74, 6) is -0.594. The van der Waals surface area contributed by atoms with Crippen molar-refractivity contribution in [3.8, 4) is 0 Å². The number of alkyl halides is 3. The number of H-pyrrole nitrogens is 1. The number of halogens is 3. The highest BCUT2D eigenvalue weighted by atomic mass is 19.4. The minimum atomic E-state index is -4.44. The van der Waals surface area contributed by atoms with Crippen LogP contribution < -0.4 is 11.3 Å². The van der Waals surface area contributed by atoms with Crippen LogP contribution in [-0.4, -0.2) is 25.7 Å². The van der Waals surface area contributed by atoms with Gasteiger partial charge in [-0.3, -0.25) is 9.59 Å². The van der Waals surface area contributed by atoms with Crippen LogP contribution in [-0.2, 0) is 6.18 Å². The molecule has 0 spiro atoms. The van der Waals surface area contributed by atoms with Gasteiger partial charge in [0.1, 0.15) is 11.2 Å². The third-order valence-corrected chi connectivity index (χ3v) is 4.00. The van der Waals surface area contributed by atoms with E-state index in [1.54, 1.807) is 13.8 Å². The first kappa shape index (κ1) is 17.6. The number of carbonyl (C=O) groups excluding carboxylic acids is 1. The van der Waals surface area contributed by atoms with Crippen LogP contribution in [0.1, 0.15) is 40.4 Å². The second-order valence-electron chi connectivity index (χ2n) is 5.80. The van der Waals surface area contributed by atoms with Gasteiger partial charge in [0.05, 0.1) is 11.6 Å². The van der Waals surface area contributed by atoms with Gasteiger partial charge in [-0.05, 0) is 31.5 Å². The van der Waals surface area contributed by atoms with E-state index in [2.05, 4.69) is 15.1 Å². The van der Waals surface area contributed by atoms with Gasteiger partial charge in [-0.2, -0.15) is 18.3 Å². The van der Waals surface area contributed by atoms with E-state index in [1.807, 2.05) is 0 Å². The fraction of sp³-hybridized carbons (Fsp3) is 0.250. The number of benzene rings is 1. The second-order valence-corrected chi connectivity index (χ2v) is 5.80. The number of rotatable bonds is 3. The third-order valence-electron chi connectivity index (χ3n) is 4.00. The molecule has 3 aromatic rings. The lowest BCUT2D eigenvalue weighted by molar-refractivity contribution is -0.137. The molecular formula is C16H14F3N5O2. The number of nitrogens with one attached hydrogen (secondary N) is 1. The molecule has 0 saturated carbocycles. The molecule has 0 fully saturated rings. The molecule has 0 saturated heterocycles. The van der Waals surface area contributed by atoms with E-state index in [-0.39, 0.29) is 16.7 Å². The lowest BCUT2D eigenvalue weighted by atomic mass is 10.1. The van der Waals surface area contributed by atoms with Crippen LogP contribution in [0.2, 0.25) is 0 Å². The summed E-state index contributed by atoms with van der Waals surface area (Å²) in [5.41, 5.74) is 4.33. The smallest absolute Gasteiger partial charge is 0.364 e. The van der Waals surface area contributed by atoms with Crippen molar-refractivity contribution in [1.82, 2.24) is 19.7 Å². The van der Waals surface area contributed by atoms with Crippen molar-refractivity contribution >= 4 is 16.9 Å². The monoisotopic (exact) mass is 365 g/mol. The number of aryl methyl sites for hydroxylation is 1. The Hall–Kier alpha value is -3.17. The molecule has 3 rings (SSSR count). The Bertz CT molecular complexity index is 1050. The van der Waals surface area contributed by atoms with Crippen LogP contribution in [0, 0.1) is 6.92 Å². The summed E-state index contributed by atoms with van der Waals surface area (Å²) in [7, 11) is 0. The predicted molar refractivity (Wildman–Crippen MR) is 86.7 cm³/mol. The standard InChI is InChI=1S/C16H14F3N5O2/c1-7(9-3-5-10(6-4-9)16(17,18)19)24-14-11(12(23-24)13(20)25)15(26)22-8(2)21-14/h3-7H,1-2H3,(H2,20,25)(H,21,22,26). The van der Waals surface area contributed by atoms with Gasteiger partial charge in [-0.1, -0.05) is 12.1 Å². The van der Waals surface area contributed by atoms with Gasteiger partial charge < -0.3 is 10.7 Å². The van der Waals surface area contributed by atoms with Gasteiger partial charge in [0.15, 0.2) is 11.3 Å². The van der Waals surface area contributed by atoms with E-state index in [9.17, 15) is 22.8 Å². The van der Waals surface area contributed by atoms with Gasteiger partial charge in [0, 0.05) is 0 Å². The first-order valence-electron chi connectivity index (χ1n) is 7.55. The molecule has 0 radical (unpaired) electrons. The fourth-order valence-corrected chi connectivity index (χ4v) is 2.69. The maximum absolute atomic E-state index is 12.7. The molecule has 136 valence electrons. The molecule has 1 amide bonds. The van der Waals surface area contributed by atoms with Crippen LogP contribution in [0.5, 0.6) is 0 Å². The second kappa shape index (κ2) is 5.97. The van der Waals surface area contributed by atoms with Crippen molar-refractivity contribution in [2.45, 2.75) is 26.1 Å². The molecule has 26 heavy (non-hydrogen) atoms. The Kier molecular flexibility index (Phi) is 4.05. The first-order valence-corrected chi connectivity index (χ1v) is 7.55. The topological polar surface area (TPSA) is 107 Å². The number of fused-ring (bicyclic) bond motifs is 1. The van der Waals surface area contributed by atoms with Gasteiger partial charge in [-0.15, -0.1) is 0 Å². The number of primary amides is 1. The molecule has 2 aromatic heterocycles. The number of aromatic nitrogens is 4. The molecule has 0 bridgehead atoms. The van der Waals surface area contributed by atoms with Crippen LogP contribution in [0.25, 0.3) is 11.0 Å². The molecule has 1 atom stereocenters. The molecule has 0 aliphatic carbocycles. The molecule has 0 aliphatic heterocycles. The van der Waals surface area contributed by atoms with Gasteiger partial charge in [0.2, 0.25) is 0 Å². The van der Waals surface area contributed by atoms with Crippen LogP contribution >= 0.6 is 0 Å². The van der Waals surface area contributed by atoms with Crippen LogP contribution in [0.3, 0.4) is 0 Å². The van der Waals surface area contributed by atoms with Gasteiger partial charge in [0.25, 0.3) is 11.5 Å². The third kappa shape index (κ3) is 2.93. The number of amides is 1. The van der Waals surface area contributed by atoms with E-state index in [0.717, 1.165) is 12.1 Å². The Balaban J connectivity index is 2.16. The summed E-state index contributed by atoms with van der Waals surface area (Å²) in [6, 6.07) is 3.95. The summed E-state index contributed by atoms with van der Waals surface area (Å²) in [6.45, 7) is 3.23.